The quantitative estimate of drug-likeness (QED) is 0.770. The van der Waals surface area contributed by atoms with Crippen molar-refractivity contribution in [2.75, 3.05) is 27.2 Å². The van der Waals surface area contributed by atoms with Crippen LogP contribution in [0.4, 0.5) is 0 Å². The van der Waals surface area contributed by atoms with Crippen molar-refractivity contribution in [3.63, 3.8) is 0 Å². The van der Waals surface area contributed by atoms with E-state index in [4.69, 9.17) is 4.74 Å². The zero-order valence-electron chi connectivity index (χ0n) is 12.2. The largest absolute Gasteiger partial charge is 0.497 e. The maximum absolute atomic E-state index is 12.0. The molecule has 0 unspecified atom stereocenters. The van der Waals surface area contributed by atoms with E-state index in [-0.39, 0.29) is 5.91 Å². The van der Waals surface area contributed by atoms with Crippen molar-refractivity contribution >= 4 is 17.2 Å². The maximum Gasteiger partial charge on any atom is 0.263 e. The minimum atomic E-state index is -0.0663. The van der Waals surface area contributed by atoms with Crippen LogP contribution < -0.4 is 15.4 Å². The number of carbonyl (C=O) groups excluding carboxylic acids is 1. The van der Waals surface area contributed by atoms with Crippen molar-refractivity contribution in [3.05, 3.63) is 35.3 Å². The van der Waals surface area contributed by atoms with Gasteiger partial charge in [0.2, 0.25) is 0 Å². The summed E-state index contributed by atoms with van der Waals surface area (Å²) in [6, 6.07) is 7.64. The van der Waals surface area contributed by atoms with Crippen molar-refractivity contribution in [1.29, 1.82) is 0 Å². The molecule has 2 rings (SSSR count). The highest BCUT2D eigenvalue weighted by atomic mass is 32.1. The number of carbonyl (C=O) groups is 1. The lowest BCUT2D eigenvalue weighted by atomic mass is 10.2. The van der Waals surface area contributed by atoms with Crippen LogP contribution in [0, 0.1) is 0 Å². The van der Waals surface area contributed by atoms with E-state index in [1.165, 1.54) is 11.3 Å². The first-order chi connectivity index (χ1) is 10.2. The van der Waals surface area contributed by atoms with E-state index in [1.807, 2.05) is 31.3 Å². The van der Waals surface area contributed by atoms with E-state index >= 15 is 0 Å². The Bertz CT molecular complexity index is 581. The summed E-state index contributed by atoms with van der Waals surface area (Å²) in [4.78, 5) is 16.9. The molecule has 0 aliphatic carbocycles. The molecular formula is C15H19N3O2S. The monoisotopic (exact) mass is 305 g/mol. The molecule has 0 saturated carbocycles. The van der Waals surface area contributed by atoms with Crippen LogP contribution in [0.5, 0.6) is 5.75 Å². The first kappa shape index (κ1) is 15.5. The predicted octanol–water partition coefficient (Wildman–Crippen LogP) is 2.16. The number of benzene rings is 1. The number of aromatic nitrogens is 1. The van der Waals surface area contributed by atoms with Gasteiger partial charge in [0, 0.05) is 12.1 Å². The van der Waals surface area contributed by atoms with Gasteiger partial charge < -0.3 is 15.4 Å². The second-order valence-corrected chi connectivity index (χ2v) is 5.50. The Kier molecular flexibility index (Phi) is 5.71. The normalized spacial score (nSPS) is 10.4. The summed E-state index contributed by atoms with van der Waals surface area (Å²) in [6.07, 6.45) is 2.53. The summed E-state index contributed by atoms with van der Waals surface area (Å²) < 4.78 is 5.13. The highest BCUT2D eigenvalue weighted by Gasteiger charge is 2.11. The molecule has 0 aliphatic heterocycles. The van der Waals surface area contributed by atoms with Crippen molar-refractivity contribution < 1.29 is 9.53 Å². The number of rotatable bonds is 7. The zero-order valence-corrected chi connectivity index (χ0v) is 13.0. The van der Waals surface area contributed by atoms with E-state index in [0.717, 1.165) is 29.3 Å². The highest BCUT2D eigenvalue weighted by molar-refractivity contribution is 7.16. The molecule has 2 N–H and O–H groups in total. The Balaban J connectivity index is 1.98. The van der Waals surface area contributed by atoms with Crippen LogP contribution in [0.25, 0.3) is 10.6 Å². The Morgan fingerprint density at radius 1 is 1.29 bits per heavy atom. The van der Waals surface area contributed by atoms with Gasteiger partial charge >= 0.3 is 0 Å². The molecule has 1 heterocycles. The molecule has 1 amide bonds. The minimum absolute atomic E-state index is 0.0663. The molecule has 0 aliphatic rings. The van der Waals surface area contributed by atoms with Crippen LogP contribution in [-0.2, 0) is 0 Å². The molecule has 2 aromatic rings. The first-order valence-corrected chi connectivity index (χ1v) is 7.59. The zero-order chi connectivity index (χ0) is 15.1. The fraction of sp³-hybridized carbons (Fsp3) is 0.333. The molecule has 1 aromatic heterocycles. The molecule has 0 saturated heterocycles. The number of ether oxygens (including phenoxy) is 1. The molecule has 0 atom stereocenters. The number of amides is 1. The standard InChI is InChI=1S/C15H19N3O2S/c1-16-8-3-9-17-14(19)13-10-18-15(21-13)11-4-6-12(20-2)7-5-11/h4-7,10,16H,3,8-9H2,1-2H3,(H,17,19). The summed E-state index contributed by atoms with van der Waals surface area (Å²) in [6.45, 7) is 1.55. The van der Waals surface area contributed by atoms with Crippen molar-refractivity contribution in [2.45, 2.75) is 6.42 Å². The van der Waals surface area contributed by atoms with E-state index in [0.29, 0.717) is 11.4 Å². The Hall–Kier alpha value is -1.92. The summed E-state index contributed by atoms with van der Waals surface area (Å²) >= 11 is 1.39. The Labute approximate surface area is 128 Å². The third kappa shape index (κ3) is 4.27. The smallest absolute Gasteiger partial charge is 0.263 e. The summed E-state index contributed by atoms with van der Waals surface area (Å²) in [7, 11) is 3.53. The SMILES string of the molecule is CNCCCNC(=O)c1cnc(-c2ccc(OC)cc2)s1. The average Bonchev–Trinajstić information content (AvgIpc) is 3.01. The number of nitrogens with zero attached hydrogens (tertiary/aromatic N) is 1. The Morgan fingerprint density at radius 3 is 2.71 bits per heavy atom. The number of thiazole rings is 1. The number of nitrogens with one attached hydrogen (secondary N) is 2. The molecule has 0 bridgehead atoms. The summed E-state index contributed by atoms with van der Waals surface area (Å²) in [5.74, 6) is 0.737. The topological polar surface area (TPSA) is 63.2 Å². The fourth-order valence-corrected chi connectivity index (χ4v) is 2.64. The van der Waals surface area contributed by atoms with E-state index < -0.39 is 0 Å². The Morgan fingerprint density at radius 2 is 2.05 bits per heavy atom. The molecular weight excluding hydrogens is 286 g/mol. The van der Waals surface area contributed by atoms with Gasteiger partial charge in [-0.2, -0.15) is 0 Å². The lowest BCUT2D eigenvalue weighted by Crippen LogP contribution is -2.25. The van der Waals surface area contributed by atoms with Crippen molar-refractivity contribution in [3.8, 4) is 16.3 Å². The number of hydrogen-bond donors (Lipinski definition) is 2. The third-order valence-electron chi connectivity index (χ3n) is 2.96. The minimum Gasteiger partial charge on any atom is -0.497 e. The van der Waals surface area contributed by atoms with Crippen molar-refractivity contribution in [2.24, 2.45) is 0 Å². The van der Waals surface area contributed by atoms with Gasteiger partial charge in [-0.1, -0.05) is 0 Å². The van der Waals surface area contributed by atoms with Gasteiger partial charge in [0.1, 0.15) is 15.6 Å². The van der Waals surface area contributed by atoms with Crippen LogP contribution in [0.1, 0.15) is 16.1 Å². The second kappa shape index (κ2) is 7.75. The second-order valence-electron chi connectivity index (χ2n) is 4.47. The lowest BCUT2D eigenvalue weighted by molar-refractivity contribution is 0.0957. The molecule has 0 radical (unpaired) electrons. The van der Waals surface area contributed by atoms with Gasteiger partial charge in [-0.25, -0.2) is 4.98 Å². The number of methoxy groups -OCH3 is 1. The third-order valence-corrected chi connectivity index (χ3v) is 4.00. The molecule has 0 spiro atoms. The van der Waals surface area contributed by atoms with Crippen LogP contribution in [-0.4, -0.2) is 38.1 Å². The summed E-state index contributed by atoms with van der Waals surface area (Å²) in [5.41, 5.74) is 0.982. The first-order valence-electron chi connectivity index (χ1n) is 6.77. The van der Waals surface area contributed by atoms with E-state index in [1.54, 1.807) is 13.3 Å². The molecule has 0 fully saturated rings. The molecule has 1 aromatic carbocycles. The van der Waals surface area contributed by atoms with Crippen molar-refractivity contribution in [1.82, 2.24) is 15.6 Å². The molecule has 5 nitrogen and oxygen atoms in total. The van der Waals surface area contributed by atoms with E-state index in [2.05, 4.69) is 15.6 Å². The lowest BCUT2D eigenvalue weighted by Gasteiger charge is -2.02. The van der Waals surface area contributed by atoms with Gasteiger partial charge in [0.05, 0.1) is 13.3 Å². The van der Waals surface area contributed by atoms with Gasteiger partial charge in [0.15, 0.2) is 0 Å². The van der Waals surface area contributed by atoms with Gasteiger partial charge in [0.25, 0.3) is 5.91 Å². The van der Waals surface area contributed by atoms with Crippen LogP contribution in [0.2, 0.25) is 0 Å². The summed E-state index contributed by atoms with van der Waals surface area (Å²) in [5, 5.41) is 6.76. The van der Waals surface area contributed by atoms with Gasteiger partial charge in [-0.3, -0.25) is 4.79 Å². The van der Waals surface area contributed by atoms with Crippen LogP contribution >= 0.6 is 11.3 Å². The molecule has 6 heteroatoms. The fourth-order valence-electron chi connectivity index (χ4n) is 1.80. The van der Waals surface area contributed by atoms with Gasteiger partial charge in [-0.05, 0) is 44.3 Å². The average molecular weight is 305 g/mol. The van der Waals surface area contributed by atoms with Gasteiger partial charge in [-0.15, -0.1) is 11.3 Å². The van der Waals surface area contributed by atoms with Crippen LogP contribution in [0.15, 0.2) is 30.5 Å². The number of hydrogen-bond acceptors (Lipinski definition) is 5. The van der Waals surface area contributed by atoms with Crippen LogP contribution in [0.3, 0.4) is 0 Å². The van der Waals surface area contributed by atoms with E-state index in [9.17, 15) is 4.79 Å². The maximum atomic E-state index is 12.0. The molecule has 112 valence electrons. The highest BCUT2D eigenvalue weighted by Crippen LogP contribution is 2.26. The predicted molar refractivity (Wildman–Crippen MR) is 85.0 cm³/mol. The molecule has 21 heavy (non-hydrogen) atoms.